The Morgan fingerprint density at radius 3 is 2.59 bits per heavy atom. The van der Waals surface area contributed by atoms with Crippen LogP contribution in [0.2, 0.25) is 0 Å². The van der Waals surface area contributed by atoms with Crippen molar-refractivity contribution in [3.63, 3.8) is 0 Å². The van der Waals surface area contributed by atoms with E-state index < -0.39 is 0 Å². The normalized spacial score (nSPS) is 16.2. The van der Waals surface area contributed by atoms with Crippen molar-refractivity contribution in [2.24, 2.45) is 5.73 Å². The minimum Gasteiger partial charge on any atom is -0.360 e. The number of nitrogens with zero attached hydrogens (tertiary/aromatic N) is 3. The molecule has 0 unspecified atom stereocenters. The SMILES string of the molecule is Cc1cc(CN2CCN(C(=O)CCCCCCN)CC2)on1. The van der Waals surface area contributed by atoms with Gasteiger partial charge in [-0.15, -0.1) is 0 Å². The fourth-order valence-corrected chi connectivity index (χ4v) is 2.80. The van der Waals surface area contributed by atoms with E-state index in [-0.39, 0.29) is 0 Å². The second kappa shape index (κ2) is 8.90. The van der Waals surface area contributed by atoms with E-state index in [0.29, 0.717) is 12.3 Å². The second-order valence-electron chi connectivity index (χ2n) is 6.04. The number of carbonyl (C=O) groups is 1. The molecule has 6 heteroatoms. The van der Waals surface area contributed by atoms with E-state index in [1.165, 1.54) is 0 Å². The molecule has 2 N–H and O–H groups in total. The van der Waals surface area contributed by atoms with Gasteiger partial charge in [-0.3, -0.25) is 9.69 Å². The molecule has 1 fully saturated rings. The van der Waals surface area contributed by atoms with Gasteiger partial charge in [0.1, 0.15) is 0 Å². The fourth-order valence-electron chi connectivity index (χ4n) is 2.80. The van der Waals surface area contributed by atoms with E-state index in [1.54, 1.807) is 0 Å². The van der Waals surface area contributed by atoms with Crippen molar-refractivity contribution in [2.45, 2.75) is 45.6 Å². The molecule has 6 nitrogen and oxygen atoms in total. The first-order valence-corrected chi connectivity index (χ1v) is 8.31. The van der Waals surface area contributed by atoms with Gasteiger partial charge in [0, 0.05) is 38.7 Å². The Kier molecular flexibility index (Phi) is 6.86. The fraction of sp³-hybridized carbons (Fsp3) is 0.750. The third kappa shape index (κ3) is 5.42. The number of aromatic nitrogens is 1. The predicted octanol–water partition coefficient (Wildman–Crippen LogP) is 1.54. The number of rotatable bonds is 8. The molecular formula is C16H28N4O2. The first-order chi connectivity index (χ1) is 10.7. The quantitative estimate of drug-likeness (QED) is 0.737. The summed E-state index contributed by atoms with van der Waals surface area (Å²) in [5, 5.41) is 3.91. The maximum Gasteiger partial charge on any atom is 0.222 e. The van der Waals surface area contributed by atoms with Crippen LogP contribution < -0.4 is 5.73 Å². The minimum absolute atomic E-state index is 0.294. The summed E-state index contributed by atoms with van der Waals surface area (Å²) in [6.07, 6.45) is 4.96. The highest BCUT2D eigenvalue weighted by molar-refractivity contribution is 5.76. The highest BCUT2D eigenvalue weighted by Gasteiger charge is 2.21. The maximum atomic E-state index is 12.2. The third-order valence-electron chi connectivity index (χ3n) is 4.13. The molecule has 1 aromatic heterocycles. The van der Waals surface area contributed by atoms with Crippen molar-refractivity contribution >= 4 is 5.91 Å². The molecule has 1 aromatic rings. The van der Waals surface area contributed by atoms with E-state index in [4.69, 9.17) is 10.3 Å². The lowest BCUT2D eigenvalue weighted by Gasteiger charge is -2.34. The summed E-state index contributed by atoms with van der Waals surface area (Å²) < 4.78 is 5.25. The highest BCUT2D eigenvalue weighted by atomic mass is 16.5. The van der Waals surface area contributed by atoms with Crippen molar-refractivity contribution in [3.05, 3.63) is 17.5 Å². The van der Waals surface area contributed by atoms with Gasteiger partial charge >= 0.3 is 0 Å². The van der Waals surface area contributed by atoms with Gasteiger partial charge in [0.2, 0.25) is 5.91 Å². The number of amides is 1. The number of nitrogens with two attached hydrogens (primary N) is 1. The van der Waals surface area contributed by atoms with Crippen LogP contribution in [-0.4, -0.2) is 53.6 Å². The van der Waals surface area contributed by atoms with Gasteiger partial charge in [-0.1, -0.05) is 18.0 Å². The molecule has 0 radical (unpaired) electrons. The van der Waals surface area contributed by atoms with Crippen LogP contribution in [-0.2, 0) is 11.3 Å². The smallest absolute Gasteiger partial charge is 0.222 e. The van der Waals surface area contributed by atoms with Gasteiger partial charge in [0.05, 0.1) is 12.2 Å². The lowest BCUT2D eigenvalue weighted by Crippen LogP contribution is -2.48. The Labute approximate surface area is 132 Å². The number of carbonyl (C=O) groups excluding carboxylic acids is 1. The first kappa shape index (κ1) is 17.0. The summed E-state index contributed by atoms with van der Waals surface area (Å²) in [4.78, 5) is 16.5. The molecule has 124 valence electrons. The largest absolute Gasteiger partial charge is 0.360 e. The van der Waals surface area contributed by atoms with Gasteiger partial charge in [-0.05, 0) is 26.3 Å². The van der Waals surface area contributed by atoms with Crippen molar-refractivity contribution in [1.82, 2.24) is 15.0 Å². The Hall–Kier alpha value is -1.40. The Balaban J connectivity index is 1.62. The molecule has 0 saturated carbocycles. The van der Waals surface area contributed by atoms with Crippen LogP contribution in [0.3, 0.4) is 0 Å². The van der Waals surface area contributed by atoms with Crippen LogP contribution in [0.15, 0.2) is 10.6 Å². The van der Waals surface area contributed by atoms with Gasteiger partial charge in [0.15, 0.2) is 5.76 Å². The standard InChI is InChI=1S/C16H28N4O2/c1-14-12-15(22-18-14)13-19-8-10-20(11-9-19)16(21)6-4-2-3-5-7-17/h12H,2-11,13,17H2,1H3. The van der Waals surface area contributed by atoms with Crippen LogP contribution >= 0.6 is 0 Å². The van der Waals surface area contributed by atoms with Gasteiger partial charge in [-0.2, -0.15) is 0 Å². The van der Waals surface area contributed by atoms with Crippen LogP contribution in [0.25, 0.3) is 0 Å². The topological polar surface area (TPSA) is 75.6 Å². The zero-order valence-electron chi connectivity index (χ0n) is 13.6. The summed E-state index contributed by atoms with van der Waals surface area (Å²) >= 11 is 0. The predicted molar refractivity (Wildman–Crippen MR) is 85.2 cm³/mol. The average molecular weight is 308 g/mol. The van der Waals surface area contributed by atoms with Crippen LogP contribution in [0.1, 0.15) is 43.6 Å². The second-order valence-corrected chi connectivity index (χ2v) is 6.04. The number of unbranched alkanes of at least 4 members (excludes halogenated alkanes) is 3. The van der Waals surface area contributed by atoms with Gasteiger partial charge < -0.3 is 15.2 Å². The third-order valence-corrected chi connectivity index (χ3v) is 4.13. The minimum atomic E-state index is 0.294. The van der Waals surface area contributed by atoms with Gasteiger partial charge in [-0.25, -0.2) is 0 Å². The van der Waals surface area contributed by atoms with E-state index in [2.05, 4.69) is 10.1 Å². The molecule has 1 saturated heterocycles. The summed E-state index contributed by atoms with van der Waals surface area (Å²) in [6.45, 7) is 6.89. The van der Waals surface area contributed by atoms with E-state index in [0.717, 1.165) is 76.4 Å². The highest BCUT2D eigenvalue weighted by Crippen LogP contribution is 2.11. The lowest BCUT2D eigenvalue weighted by molar-refractivity contribution is -0.133. The summed E-state index contributed by atoms with van der Waals surface area (Å²) in [6, 6.07) is 1.97. The molecule has 0 atom stereocenters. The Bertz CT molecular complexity index is 453. The van der Waals surface area contributed by atoms with E-state index in [1.807, 2.05) is 17.9 Å². The molecule has 22 heavy (non-hydrogen) atoms. The molecular weight excluding hydrogens is 280 g/mol. The Morgan fingerprint density at radius 1 is 1.23 bits per heavy atom. The average Bonchev–Trinajstić information content (AvgIpc) is 2.93. The maximum absolute atomic E-state index is 12.2. The summed E-state index contributed by atoms with van der Waals surface area (Å²) in [5.74, 6) is 1.19. The van der Waals surface area contributed by atoms with Crippen molar-refractivity contribution in [2.75, 3.05) is 32.7 Å². The molecule has 1 aliphatic heterocycles. The van der Waals surface area contributed by atoms with Crippen molar-refractivity contribution in [3.8, 4) is 0 Å². The molecule has 0 aliphatic carbocycles. The van der Waals surface area contributed by atoms with E-state index >= 15 is 0 Å². The molecule has 0 bridgehead atoms. The lowest BCUT2D eigenvalue weighted by atomic mass is 10.1. The zero-order valence-corrected chi connectivity index (χ0v) is 13.6. The molecule has 2 rings (SSSR count). The number of hydrogen-bond acceptors (Lipinski definition) is 5. The number of piperazine rings is 1. The number of hydrogen-bond donors (Lipinski definition) is 1. The molecule has 1 amide bonds. The summed E-state index contributed by atoms with van der Waals surface area (Å²) in [7, 11) is 0. The van der Waals surface area contributed by atoms with Crippen molar-refractivity contribution in [1.29, 1.82) is 0 Å². The molecule has 0 aromatic carbocycles. The zero-order chi connectivity index (χ0) is 15.8. The Morgan fingerprint density at radius 2 is 1.95 bits per heavy atom. The summed E-state index contributed by atoms with van der Waals surface area (Å²) in [5.41, 5.74) is 6.38. The van der Waals surface area contributed by atoms with E-state index in [9.17, 15) is 4.79 Å². The molecule has 2 heterocycles. The molecule has 1 aliphatic rings. The van der Waals surface area contributed by atoms with Crippen LogP contribution in [0.4, 0.5) is 0 Å². The molecule has 0 spiro atoms. The van der Waals surface area contributed by atoms with Crippen LogP contribution in [0.5, 0.6) is 0 Å². The first-order valence-electron chi connectivity index (χ1n) is 8.31. The monoisotopic (exact) mass is 308 g/mol. The van der Waals surface area contributed by atoms with Gasteiger partial charge in [0.25, 0.3) is 0 Å². The van der Waals surface area contributed by atoms with Crippen LogP contribution in [0, 0.1) is 6.92 Å². The number of aryl methyl sites for hydroxylation is 1. The van der Waals surface area contributed by atoms with Crippen molar-refractivity contribution < 1.29 is 9.32 Å².